The van der Waals surface area contributed by atoms with Crippen LogP contribution in [0.5, 0.6) is 0 Å². The highest BCUT2D eigenvalue weighted by Gasteiger charge is 2.53. The summed E-state index contributed by atoms with van der Waals surface area (Å²) in [5.41, 5.74) is 11.1. The van der Waals surface area contributed by atoms with Gasteiger partial charge in [-0.2, -0.15) is 0 Å². The lowest BCUT2D eigenvalue weighted by Gasteiger charge is -2.47. The molecular weight excluding hydrogens is 439 g/mol. The fourth-order valence-electron chi connectivity index (χ4n) is 7.17. The number of fused-ring (bicyclic) bond motifs is 4. The molecule has 4 heteroatoms. The van der Waals surface area contributed by atoms with Crippen molar-refractivity contribution in [1.82, 2.24) is 0 Å². The van der Waals surface area contributed by atoms with Gasteiger partial charge < -0.3 is 9.80 Å². The van der Waals surface area contributed by atoms with Crippen LogP contribution in [0.2, 0.25) is 13.1 Å². The predicted octanol–water partition coefficient (Wildman–Crippen LogP) is 4.24. The Morgan fingerprint density at radius 2 is 1.46 bits per heavy atom. The van der Waals surface area contributed by atoms with E-state index in [4.69, 9.17) is 0 Å². The number of aryl methyl sites for hydroxylation is 1. The van der Waals surface area contributed by atoms with Gasteiger partial charge in [0.05, 0.1) is 11.4 Å². The van der Waals surface area contributed by atoms with Crippen molar-refractivity contribution in [2.24, 2.45) is 0 Å². The van der Waals surface area contributed by atoms with Crippen LogP contribution in [0.15, 0.2) is 84.9 Å². The predicted molar refractivity (Wildman–Crippen MR) is 155 cm³/mol. The number of hydrogen-bond donors (Lipinski definition) is 0. The molecule has 0 unspecified atom stereocenters. The Bertz CT molecular complexity index is 1510. The van der Waals surface area contributed by atoms with Crippen molar-refractivity contribution >= 4 is 64.3 Å². The number of benzene rings is 4. The van der Waals surface area contributed by atoms with Crippen molar-refractivity contribution < 1.29 is 0 Å². The first-order valence-electron chi connectivity index (χ1n) is 12.9. The molecule has 2 nitrogen and oxygen atoms in total. The van der Waals surface area contributed by atoms with E-state index in [0.29, 0.717) is 6.71 Å². The molecule has 3 aliphatic heterocycles. The van der Waals surface area contributed by atoms with Crippen LogP contribution in [0.3, 0.4) is 0 Å². The monoisotopic (exact) mass is 470 g/mol. The molecule has 0 aromatic heterocycles. The lowest BCUT2D eigenvalue weighted by Crippen LogP contribution is -2.78. The van der Waals surface area contributed by atoms with E-state index in [2.05, 4.69) is 129 Å². The van der Waals surface area contributed by atoms with Crippen LogP contribution in [0.25, 0.3) is 0 Å². The largest absolute Gasteiger partial charge is 0.317 e. The molecule has 0 aliphatic carbocycles. The minimum atomic E-state index is -1.85. The van der Waals surface area contributed by atoms with Gasteiger partial charge in [0.15, 0.2) is 0 Å². The first kappa shape index (κ1) is 21.1. The molecule has 3 heterocycles. The first-order chi connectivity index (χ1) is 16.9. The summed E-state index contributed by atoms with van der Waals surface area (Å²) in [5.74, 6) is 0. The van der Waals surface area contributed by atoms with Gasteiger partial charge in [-0.25, -0.2) is 0 Å². The van der Waals surface area contributed by atoms with Crippen LogP contribution < -0.4 is 36.6 Å². The Morgan fingerprint density at radius 3 is 2.23 bits per heavy atom. The second-order valence-electron chi connectivity index (χ2n) is 11.3. The number of rotatable bonds is 2. The van der Waals surface area contributed by atoms with E-state index in [0.717, 1.165) is 6.42 Å². The van der Waals surface area contributed by atoms with Gasteiger partial charge in [-0.3, -0.25) is 0 Å². The third-order valence-corrected chi connectivity index (χ3v) is 12.3. The van der Waals surface area contributed by atoms with Crippen LogP contribution >= 0.6 is 0 Å². The standard InChI is InChI=1S/C31H31BN2Si/c1-6-21-19-26-29-28(20-21)35(4,5)27-18-11-10-15-23(27)32(29)24-16-12-17-25-30(24)34(26)31(2,3)33(25)22-13-8-7-9-14-22/h7-20H,6H2,1-5H3. The Balaban J connectivity index is 1.62. The van der Waals surface area contributed by atoms with Crippen molar-refractivity contribution in [3.63, 3.8) is 0 Å². The maximum atomic E-state index is 2.66. The summed E-state index contributed by atoms with van der Waals surface area (Å²) in [6, 6.07) is 32.2. The molecule has 7 rings (SSSR count). The van der Waals surface area contributed by atoms with Gasteiger partial charge in [-0.05, 0) is 61.0 Å². The van der Waals surface area contributed by atoms with Crippen LogP contribution in [-0.4, -0.2) is 20.4 Å². The molecule has 0 spiro atoms. The summed E-state index contributed by atoms with van der Waals surface area (Å²) >= 11 is 0. The van der Waals surface area contributed by atoms with Crippen molar-refractivity contribution in [1.29, 1.82) is 0 Å². The van der Waals surface area contributed by atoms with Crippen molar-refractivity contribution in [2.45, 2.75) is 45.9 Å². The minimum absolute atomic E-state index is 0.229. The minimum Gasteiger partial charge on any atom is -0.317 e. The highest BCUT2D eigenvalue weighted by atomic mass is 28.3. The summed E-state index contributed by atoms with van der Waals surface area (Å²) in [4.78, 5) is 5.21. The third kappa shape index (κ3) is 2.56. The molecule has 0 fully saturated rings. The first-order valence-corrected chi connectivity index (χ1v) is 15.9. The molecule has 0 bridgehead atoms. The molecule has 4 aromatic carbocycles. The summed E-state index contributed by atoms with van der Waals surface area (Å²) in [5, 5.41) is 3.22. The molecule has 0 atom stereocenters. The zero-order valence-electron chi connectivity index (χ0n) is 21.3. The van der Waals surface area contributed by atoms with Gasteiger partial charge in [-0.1, -0.05) is 96.5 Å². The topological polar surface area (TPSA) is 6.48 Å². The van der Waals surface area contributed by atoms with E-state index < -0.39 is 8.07 Å². The van der Waals surface area contributed by atoms with Gasteiger partial charge in [0, 0.05) is 11.4 Å². The van der Waals surface area contributed by atoms with Gasteiger partial charge in [0.2, 0.25) is 6.71 Å². The van der Waals surface area contributed by atoms with Gasteiger partial charge in [0.25, 0.3) is 0 Å². The van der Waals surface area contributed by atoms with E-state index in [1.165, 1.54) is 39.2 Å². The Hall–Kier alpha value is -3.24. The summed E-state index contributed by atoms with van der Waals surface area (Å²) < 4.78 is 0. The maximum Gasteiger partial charge on any atom is 0.246 e. The average Bonchev–Trinajstić information content (AvgIpc) is 3.11. The number of anilines is 4. The summed E-state index contributed by atoms with van der Waals surface area (Å²) in [6.07, 6.45) is 1.06. The van der Waals surface area contributed by atoms with Crippen LogP contribution in [0.1, 0.15) is 26.3 Å². The third-order valence-electron chi connectivity index (χ3n) is 8.70. The molecule has 0 amide bonds. The highest BCUT2D eigenvalue weighted by Crippen LogP contribution is 2.52. The molecule has 3 aliphatic rings. The Labute approximate surface area is 210 Å². The van der Waals surface area contributed by atoms with E-state index in [9.17, 15) is 0 Å². The summed E-state index contributed by atoms with van der Waals surface area (Å²) in [6.45, 7) is 12.5. The van der Waals surface area contributed by atoms with Crippen molar-refractivity contribution in [3.8, 4) is 0 Å². The lowest BCUT2D eigenvalue weighted by atomic mass is 9.34. The molecule has 0 saturated carbocycles. The van der Waals surface area contributed by atoms with Crippen LogP contribution in [0.4, 0.5) is 22.7 Å². The van der Waals surface area contributed by atoms with E-state index >= 15 is 0 Å². The zero-order chi connectivity index (χ0) is 24.1. The SMILES string of the molecule is CCc1cc2c3c(c1)[Si](C)(C)c1ccccc1B3c1cccc3c1N2C(C)(C)N3c1ccccc1. The zero-order valence-corrected chi connectivity index (χ0v) is 22.3. The van der Waals surface area contributed by atoms with E-state index in [1.54, 1.807) is 15.8 Å². The maximum absolute atomic E-state index is 2.66. The van der Waals surface area contributed by atoms with Crippen molar-refractivity contribution in [2.75, 3.05) is 9.80 Å². The second-order valence-corrected chi connectivity index (χ2v) is 15.6. The number of hydrogen-bond acceptors (Lipinski definition) is 2. The highest BCUT2D eigenvalue weighted by molar-refractivity contribution is 7.15. The number of para-hydroxylation sites is 2. The second kappa shape index (κ2) is 6.92. The normalized spacial score (nSPS) is 17.7. The van der Waals surface area contributed by atoms with Gasteiger partial charge in [-0.15, -0.1) is 0 Å². The van der Waals surface area contributed by atoms with Gasteiger partial charge >= 0.3 is 0 Å². The molecule has 35 heavy (non-hydrogen) atoms. The Morgan fingerprint density at radius 1 is 0.743 bits per heavy atom. The van der Waals surface area contributed by atoms with Crippen LogP contribution in [0, 0.1) is 0 Å². The molecular formula is C31H31BN2Si. The Kier molecular flexibility index (Phi) is 4.17. The average molecular weight is 471 g/mol. The quantitative estimate of drug-likeness (QED) is 0.405. The number of nitrogens with zero attached hydrogens (tertiary/aromatic N) is 2. The fraction of sp³-hybridized carbons (Fsp3) is 0.226. The molecule has 4 aromatic rings. The molecule has 0 saturated heterocycles. The van der Waals surface area contributed by atoms with E-state index in [1.807, 2.05) is 0 Å². The molecule has 0 N–H and O–H groups in total. The van der Waals surface area contributed by atoms with Crippen LogP contribution in [-0.2, 0) is 6.42 Å². The van der Waals surface area contributed by atoms with E-state index in [-0.39, 0.29) is 5.66 Å². The summed E-state index contributed by atoms with van der Waals surface area (Å²) in [7, 11) is -1.85. The molecule has 172 valence electrons. The fourth-order valence-corrected chi connectivity index (χ4v) is 10.4. The smallest absolute Gasteiger partial charge is 0.246 e. The van der Waals surface area contributed by atoms with Gasteiger partial charge in [0.1, 0.15) is 13.7 Å². The van der Waals surface area contributed by atoms with Crippen molar-refractivity contribution in [3.05, 3.63) is 90.5 Å². The molecule has 0 radical (unpaired) electrons. The lowest BCUT2D eigenvalue weighted by molar-refractivity contribution is 0.541.